The molecule has 0 spiro atoms. The van der Waals surface area contributed by atoms with Crippen LogP contribution in [0.2, 0.25) is 0 Å². The number of nitrogens with zero attached hydrogens (tertiary/aromatic N) is 1. The molecule has 1 aromatic rings. The Balaban J connectivity index is 2.04. The summed E-state index contributed by atoms with van der Waals surface area (Å²) in [6.07, 6.45) is 4.50. The molecule has 1 saturated carbocycles. The van der Waals surface area contributed by atoms with Gasteiger partial charge in [0, 0.05) is 23.4 Å². The SMILES string of the molecule is CC(C)(C)c1cc(OCC2CC2)ccn1. The number of aromatic nitrogens is 1. The third-order valence-electron chi connectivity index (χ3n) is 2.68. The van der Waals surface area contributed by atoms with Gasteiger partial charge in [0.15, 0.2) is 0 Å². The molecule has 1 aromatic heterocycles. The number of hydrogen-bond donors (Lipinski definition) is 0. The minimum atomic E-state index is 0.0962. The van der Waals surface area contributed by atoms with Crippen LogP contribution >= 0.6 is 0 Å². The Bertz CT molecular complexity index is 337. The van der Waals surface area contributed by atoms with Crippen LogP contribution in [0.3, 0.4) is 0 Å². The van der Waals surface area contributed by atoms with Crippen LogP contribution in [0.4, 0.5) is 0 Å². The monoisotopic (exact) mass is 205 g/mol. The Kier molecular flexibility index (Phi) is 2.68. The van der Waals surface area contributed by atoms with E-state index in [-0.39, 0.29) is 5.41 Å². The molecule has 0 radical (unpaired) electrons. The number of rotatable bonds is 3. The van der Waals surface area contributed by atoms with Crippen molar-refractivity contribution in [2.45, 2.75) is 39.0 Å². The average molecular weight is 205 g/mol. The Morgan fingerprint density at radius 1 is 1.40 bits per heavy atom. The molecule has 0 N–H and O–H groups in total. The molecule has 0 unspecified atom stereocenters. The predicted molar refractivity (Wildman–Crippen MR) is 61.2 cm³/mol. The van der Waals surface area contributed by atoms with Crippen LogP contribution in [0.15, 0.2) is 18.3 Å². The second-order valence-corrected chi connectivity index (χ2v) is 5.38. The summed E-state index contributed by atoms with van der Waals surface area (Å²) in [5.41, 5.74) is 1.19. The molecule has 1 aliphatic carbocycles. The first kappa shape index (κ1) is 10.5. The van der Waals surface area contributed by atoms with Crippen molar-refractivity contribution in [1.29, 1.82) is 0 Å². The lowest BCUT2D eigenvalue weighted by Crippen LogP contribution is -2.13. The van der Waals surface area contributed by atoms with Crippen molar-refractivity contribution in [3.63, 3.8) is 0 Å². The second-order valence-electron chi connectivity index (χ2n) is 5.38. The lowest BCUT2D eigenvalue weighted by Gasteiger charge is -2.18. The molecule has 0 saturated heterocycles. The summed E-state index contributed by atoms with van der Waals surface area (Å²) in [7, 11) is 0. The molecule has 15 heavy (non-hydrogen) atoms. The molecule has 2 rings (SSSR count). The lowest BCUT2D eigenvalue weighted by molar-refractivity contribution is 0.298. The fraction of sp³-hybridized carbons (Fsp3) is 0.615. The highest BCUT2D eigenvalue weighted by Crippen LogP contribution is 2.30. The summed E-state index contributed by atoms with van der Waals surface area (Å²) in [4.78, 5) is 4.37. The number of pyridine rings is 1. The Hall–Kier alpha value is -1.05. The third kappa shape index (κ3) is 2.95. The molecule has 0 atom stereocenters. The van der Waals surface area contributed by atoms with Gasteiger partial charge in [0.25, 0.3) is 0 Å². The Morgan fingerprint density at radius 3 is 2.73 bits per heavy atom. The van der Waals surface area contributed by atoms with Gasteiger partial charge in [0.1, 0.15) is 5.75 Å². The molecule has 0 bridgehead atoms. The molecule has 82 valence electrons. The van der Waals surface area contributed by atoms with Gasteiger partial charge in [-0.15, -0.1) is 0 Å². The van der Waals surface area contributed by atoms with E-state index >= 15 is 0 Å². The minimum absolute atomic E-state index is 0.0962. The van der Waals surface area contributed by atoms with E-state index in [2.05, 4.69) is 31.8 Å². The summed E-state index contributed by atoms with van der Waals surface area (Å²) < 4.78 is 5.73. The van der Waals surface area contributed by atoms with Gasteiger partial charge in [0.05, 0.1) is 6.61 Å². The zero-order valence-corrected chi connectivity index (χ0v) is 9.79. The average Bonchev–Trinajstić information content (AvgIpc) is 2.97. The zero-order chi connectivity index (χ0) is 10.9. The van der Waals surface area contributed by atoms with Crippen LogP contribution in [0.5, 0.6) is 5.75 Å². The minimum Gasteiger partial charge on any atom is -0.493 e. The highest BCUT2D eigenvalue weighted by molar-refractivity contribution is 5.26. The molecular weight excluding hydrogens is 186 g/mol. The van der Waals surface area contributed by atoms with Crippen molar-refractivity contribution in [3.8, 4) is 5.75 Å². The second kappa shape index (κ2) is 3.84. The molecular formula is C13H19NO. The molecule has 1 heterocycles. The van der Waals surface area contributed by atoms with Gasteiger partial charge in [0.2, 0.25) is 0 Å². The molecule has 1 aliphatic rings. The van der Waals surface area contributed by atoms with Crippen molar-refractivity contribution < 1.29 is 4.74 Å². The van der Waals surface area contributed by atoms with Gasteiger partial charge in [-0.3, -0.25) is 4.98 Å². The Labute approximate surface area is 91.7 Å². The topological polar surface area (TPSA) is 22.1 Å². The molecule has 0 amide bonds. The maximum atomic E-state index is 5.73. The first-order chi connectivity index (χ1) is 7.05. The van der Waals surface area contributed by atoms with E-state index in [9.17, 15) is 0 Å². The summed E-state index contributed by atoms with van der Waals surface area (Å²) in [5, 5.41) is 0. The van der Waals surface area contributed by atoms with E-state index in [1.165, 1.54) is 12.8 Å². The molecule has 0 aromatic carbocycles. The first-order valence-corrected chi connectivity index (χ1v) is 5.65. The van der Waals surface area contributed by atoms with E-state index in [0.717, 1.165) is 24.0 Å². The van der Waals surface area contributed by atoms with Crippen molar-refractivity contribution in [1.82, 2.24) is 4.98 Å². The van der Waals surface area contributed by atoms with Gasteiger partial charge >= 0.3 is 0 Å². The fourth-order valence-corrected chi connectivity index (χ4v) is 1.41. The van der Waals surface area contributed by atoms with Gasteiger partial charge in [-0.1, -0.05) is 20.8 Å². The predicted octanol–water partition coefficient (Wildman–Crippen LogP) is 3.17. The highest BCUT2D eigenvalue weighted by Gasteiger charge is 2.22. The van der Waals surface area contributed by atoms with Crippen molar-refractivity contribution in [2.75, 3.05) is 6.61 Å². The molecule has 2 nitrogen and oxygen atoms in total. The lowest BCUT2D eigenvalue weighted by atomic mass is 9.92. The van der Waals surface area contributed by atoms with E-state index in [1.807, 2.05) is 12.3 Å². The maximum absolute atomic E-state index is 5.73. The van der Waals surface area contributed by atoms with Crippen molar-refractivity contribution in [2.24, 2.45) is 5.92 Å². The van der Waals surface area contributed by atoms with Crippen LogP contribution in [0, 0.1) is 5.92 Å². The van der Waals surface area contributed by atoms with Crippen LogP contribution < -0.4 is 4.74 Å². The summed E-state index contributed by atoms with van der Waals surface area (Å²) in [5.74, 6) is 1.76. The normalized spacial score (nSPS) is 16.5. The van der Waals surface area contributed by atoms with Gasteiger partial charge in [-0.2, -0.15) is 0 Å². The standard InChI is InChI=1S/C13H19NO/c1-13(2,3)12-8-11(6-7-14-12)15-9-10-4-5-10/h6-8,10H,4-5,9H2,1-3H3. The van der Waals surface area contributed by atoms with Crippen LogP contribution in [-0.2, 0) is 5.41 Å². The largest absolute Gasteiger partial charge is 0.493 e. The maximum Gasteiger partial charge on any atom is 0.122 e. The van der Waals surface area contributed by atoms with E-state index in [0.29, 0.717) is 0 Å². The van der Waals surface area contributed by atoms with E-state index < -0.39 is 0 Å². The quantitative estimate of drug-likeness (QED) is 0.756. The highest BCUT2D eigenvalue weighted by atomic mass is 16.5. The first-order valence-electron chi connectivity index (χ1n) is 5.65. The van der Waals surface area contributed by atoms with Crippen LogP contribution in [0.25, 0.3) is 0 Å². The third-order valence-corrected chi connectivity index (χ3v) is 2.68. The van der Waals surface area contributed by atoms with Crippen molar-refractivity contribution in [3.05, 3.63) is 24.0 Å². The summed E-state index contributed by atoms with van der Waals surface area (Å²) in [6.45, 7) is 7.37. The van der Waals surface area contributed by atoms with Gasteiger partial charge in [-0.25, -0.2) is 0 Å². The van der Waals surface area contributed by atoms with Gasteiger partial charge in [-0.05, 0) is 24.8 Å². The fourth-order valence-electron chi connectivity index (χ4n) is 1.41. The molecule has 2 heteroatoms. The number of ether oxygens (including phenoxy) is 1. The van der Waals surface area contributed by atoms with Crippen LogP contribution in [-0.4, -0.2) is 11.6 Å². The zero-order valence-electron chi connectivity index (χ0n) is 9.79. The Morgan fingerprint density at radius 2 is 2.13 bits per heavy atom. The summed E-state index contributed by atoms with van der Waals surface area (Å²) in [6, 6.07) is 4.00. The molecule has 0 aliphatic heterocycles. The van der Waals surface area contributed by atoms with Gasteiger partial charge < -0.3 is 4.74 Å². The van der Waals surface area contributed by atoms with Crippen molar-refractivity contribution >= 4 is 0 Å². The van der Waals surface area contributed by atoms with Crippen LogP contribution in [0.1, 0.15) is 39.3 Å². The smallest absolute Gasteiger partial charge is 0.122 e. The van der Waals surface area contributed by atoms with E-state index in [4.69, 9.17) is 4.74 Å². The number of hydrogen-bond acceptors (Lipinski definition) is 2. The summed E-state index contributed by atoms with van der Waals surface area (Å²) >= 11 is 0. The van der Waals surface area contributed by atoms with E-state index in [1.54, 1.807) is 0 Å². The molecule has 1 fully saturated rings.